The van der Waals surface area contributed by atoms with Gasteiger partial charge in [-0.15, -0.1) is 11.6 Å². The summed E-state index contributed by atoms with van der Waals surface area (Å²) in [6.07, 6.45) is 0. The minimum Gasteiger partial charge on any atom is -0.497 e. The molecule has 0 heterocycles. The minimum atomic E-state index is 0.418. The van der Waals surface area contributed by atoms with Gasteiger partial charge in [0.15, 0.2) is 0 Å². The lowest BCUT2D eigenvalue weighted by Gasteiger charge is -2.05. The summed E-state index contributed by atoms with van der Waals surface area (Å²) in [5, 5.41) is 5.40. The highest BCUT2D eigenvalue weighted by Crippen LogP contribution is 2.23. The molecule has 78 valence electrons. The molecule has 2 rings (SSSR count). The Morgan fingerprint density at radius 3 is 2.60 bits per heavy atom. The zero-order chi connectivity index (χ0) is 10.7. The summed E-state index contributed by atoms with van der Waals surface area (Å²) in [5.41, 5.74) is 1.03. The van der Waals surface area contributed by atoms with E-state index in [0.717, 1.165) is 16.8 Å². The van der Waals surface area contributed by atoms with Crippen LogP contribution in [-0.2, 0) is 0 Å². The second-order valence-corrected chi connectivity index (χ2v) is 3.51. The second kappa shape index (κ2) is 4.41. The van der Waals surface area contributed by atoms with Gasteiger partial charge in [-0.2, -0.15) is 0 Å². The summed E-state index contributed by atoms with van der Waals surface area (Å²) >= 11 is 5.60. The van der Waals surface area contributed by atoms with Crippen LogP contribution in [-0.4, -0.2) is 13.1 Å². The van der Waals surface area contributed by atoms with Crippen molar-refractivity contribution in [3.05, 3.63) is 36.4 Å². The van der Waals surface area contributed by atoms with E-state index < -0.39 is 0 Å². The number of fused-ring (bicyclic) bond motifs is 1. The number of methoxy groups -OCH3 is 1. The molecule has 0 amide bonds. The van der Waals surface area contributed by atoms with Gasteiger partial charge in [0.05, 0.1) is 13.1 Å². The summed E-state index contributed by atoms with van der Waals surface area (Å²) in [6.45, 7) is 0. The molecular formula is C12H12ClNO. The van der Waals surface area contributed by atoms with E-state index in [9.17, 15) is 0 Å². The smallest absolute Gasteiger partial charge is 0.119 e. The third-order valence-corrected chi connectivity index (χ3v) is 2.45. The normalized spacial score (nSPS) is 10.3. The molecule has 0 saturated carbocycles. The molecule has 3 heteroatoms. The van der Waals surface area contributed by atoms with Crippen LogP contribution in [0.3, 0.4) is 0 Å². The SMILES string of the molecule is COc1ccc2cc(NCCl)ccc2c1. The van der Waals surface area contributed by atoms with E-state index in [1.165, 1.54) is 5.39 Å². The lowest BCUT2D eigenvalue weighted by Crippen LogP contribution is -1.93. The highest BCUT2D eigenvalue weighted by Gasteiger charge is 1.97. The highest BCUT2D eigenvalue weighted by atomic mass is 35.5. The molecule has 0 spiro atoms. The number of hydrogen-bond donors (Lipinski definition) is 1. The van der Waals surface area contributed by atoms with Crippen LogP contribution in [0, 0.1) is 0 Å². The van der Waals surface area contributed by atoms with Gasteiger partial charge in [-0.25, -0.2) is 0 Å². The van der Waals surface area contributed by atoms with E-state index in [2.05, 4.69) is 11.4 Å². The van der Waals surface area contributed by atoms with E-state index in [0.29, 0.717) is 6.00 Å². The lowest BCUT2D eigenvalue weighted by molar-refractivity contribution is 0.415. The number of alkyl halides is 1. The number of nitrogens with one attached hydrogen (secondary N) is 1. The molecule has 0 aliphatic rings. The quantitative estimate of drug-likeness (QED) is 0.633. The summed E-state index contributed by atoms with van der Waals surface area (Å²) in [7, 11) is 1.67. The topological polar surface area (TPSA) is 21.3 Å². The molecule has 0 aromatic heterocycles. The Hall–Kier alpha value is -1.41. The molecular weight excluding hydrogens is 210 g/mol. The average Bonchev–Trinajstić information content (AvgIpc) is 2.29. The van der Waals surface area contributed by atoms with Crippen LogP contribution in [0.5, 0.6) is 5.75 Å². The van der Waals surface area contributed by atoms with Crippen LogP contribution in [0.1, 0.15) is 0 Å². The van der Waals surface area contributed by atoms with Crippen molar-refractivity contribution in [2.45, 2.75) is 0 Å². The van der Waals surface area contributed by atoms with Gasteiger partial charge < -0.3 is 10.1 Å². The number of anilines is 1. The molecule has 1 N–H and O–H groups in total. The average molecular weight is 222 g/mol. The lowest BCUT2D eigenvalue weighted by atomic mass is 10.1. The summed E-state index contributed by atoms with van der Waals surface area (Å²) in [4.78, 5) is 0. The van der Waals surface area contributed by atoms with Gasteiger partial charge in [0.1, 0.15) is 5.75 Å². The predicted molar refractivity (Wildman–Crippen MR) is 64.8 cm³/mol. The van der Waals surface area contributed by atoms with Crippen molar-refractivity contribution in [1.29, 1.82) is 0 Å². The van der Waals surface area contributed by atoms with Crippen LogP contribution in [0.2, 0.25) is 0 Å². The monoisotopic (exact) mass is 221 g/mol. The number of rotatable bonds is 3. The summed E-state index contributed by atoms with van der Waals surface area (Å²) in [6, 6.07) is 12.5. The van der Waals surface area contributed by atoms with E-state index in [1.54, 1.807) is 7.11 Å². The molecule has 2 aromatic carbocycles. The van der Waals surface area contributed by atoms with Crippen LogP contribution in [0.4, 0.5) is 5.69 Å². The fraction of sp³-hybridized carbons (Fsp3) is 0.167. The summed E-state index contributed by atoms with van der Waals surface area (Å²) in [5.74, 6) is 0.876. The van der Waals surface area contributed by atoms with Gasteiger partial charge in [0.2, 0.25) is 0 Å². The number of halogens is 1. The van der Waals surface area contributed by atoms with Crippen LogP contribution in [0.25, 0.3) is 10.8 Å². The van der Waals surface area contributed by atoms with Crippen molar-refractivity contribution in [2.24, 2.45) is 0 Å². The predicted octanol–water partition coefficient (Wildman–Crippen LogP) is 3.46. The van der Waals surface area contributed by atoms with Crippen LogP contribution in [0.15, 0.2) is 36.4 Å². The maximum atomic E-state index is 5.60. The van der Waals surface area contributed by atoms with Crippen LogP contribution < -0.4 is 10.1 Å². The molecule has 15 heavy (non-hydrogen) atoms. The molecule has 0 aliphatic heterocycles. The molecule has 2 aromatic rings. The molecule has 0 radical (unpaired) electrons. The first-order valence-electron chi connectivity index (χ1n) is 4.71. The van der Waals surface area contributed by atoms with Crippen molar-refractivity contribution in [1.82, 2.24) is 0 Å². The first-order chi connectivity index (χ1) is 7.33. The fourth-order valence-corrected chi connectivity index (χ4v) is 1.69. The Morgan fingerprint density at radius 2 is 1.87 bits per heavy atom. The minimum absolute atomic E-state index is 0.418. The Bertz CT molecular complexity index is 470. The zero-order valence-electron chi connectivity index (χ0n) is 8.46. The Morgan fingerprint density at radius 1 is 1.13 bits per heavy atom. The maximum Gasteiger partial charge on any atom is 0.119 e. The molecule has 0 saturated heterocycles. The van der Waals surface area contributed by atoms with Crippen molar-refractivity contribution < 1.29 is 4.74 Å². The molecule has 2 nitrogen and oxygen atoms in total. The zero-order valence-corrected chi connectivity index (χ0v) is 9.21. The largest absolute Gasteiger partial charge is 0.497 e. The Kier molecular flexibility index (Phi) is 2.97. The van der Waals surface area contributed by atoms with Crippen LogP contribution >= 0.6 is 11.6 Å². The van der Waals surface area contributed by atoms with E-state index in [4.69, 9.17) is 16.3 Å². The molecule has 0 unspecified atom stereocenters. The van der Waals surface area contributed by atoms with E-state index in [1.807, 2.05) is 30.3 Å². The van der Waals surface area contributed by atoms with Gasteiger partial charge in [-0.05, 0) is 35.0 Å². The molecule has 0 bridgehead atoms. The van der Waals surface area contributed by atoms with Gasteiger partial charge in [0.25, 0.3) is 0 Å². The summed E-state index contributed by atoms with van der Waals surface area (Å²) < 4.78 is 5.16. The highest BCUT2D eigenvalue weighted by molar-refractivity contribution is 6.18. The van der Waals surface area contributed by atoms with Gasteiger partial charge in [0, 0.05) is 5.69 Å². The maximum absolute atomic E-state index is 5.60. The molecule has 0 aliphatic carbocycles. The number of hydrogen-bond acceptors (Lipinski definition) is 2. The van der Waals surface area contributed by atoms with Crippen molar-refractivity contribution >= 4 is 28.1 Å². The van der Waals surface area contributed by atoms with Crippen molar-refractivity contribution in [3.8, 4) is 5.75 Å². The third-order valence-electron chi connectivity index (χ3n) is 2.32. The van der Waals surface area contributed by atoms with Crippen molar-refractivity contribution in [2.75, 3.05) is 18.4 Å². The Labute approximate surface area is 93.8 Å². The van der Waals surface area contributed by atoms with Gasteiger partial charge in [-0.1, -0.05) is 12.1 Å². The standard InChI is InChI=1S/C12H12ClNO/c1-15-12-5-3-9-6-11(14-8-13)4-2-10(9)7-12/h2-7,14H,8H2,1H3. The first-order valence-corrected chi connectivity index (χ1v) is 5.24. The third kappa shape index (κ3) is 2.16. The van der Waals surface area contributed by atoms with E-state index >= 15 is 0 Å². The first kappa shape index (κ1) is 10.1. The van der Waals surface area contributed by atoms with Gasteiger partial charge >= 0.3 is 0 Å². The number of benzene rings is 2. The Balaban J connectivity index is 2.45. The fourth-order valence-electron chi connectivity index (χ4n) is 1.54. The molecule has 0 atom stereocenters. The second-order valence-electron chi connectivity index (χ2n) is 3.24. The number of ether oxygens (including phenoxy) is 1. The van der Waals surface area contributed by atoms with E-state index in [-0.39, 0.29) is 0 Å². The molecule has 0 fully saturated rings. The van der Waals surface area contributed by atoms with Gasteiger partial charge in [-0.3, -0.25) is 0 Å². The van der Waals surface area contributed by atoms with Crippen molar-refractivity contribution in [3.63, 3.8) is 0 Å².